The quantitative estimate of drug-likeness (QED) is 0.910. The molecular formula is C21H22N2OS. The molecule has 2 heterocycles. The molecule has 0 aromatic heterocycles. The lowest BCUT2D eigenvalue weighted by Crippen LogP contribution is -2.31. The lowest BCUT2D eigenvalue weighted by atomic mass is 9.87. The maximum atomic E-state index is 9.50. The summed E-state index contributed by atoms with van der Waals surface area (Å²) in [6.45, 7) is 0.695. The first-order chi connectivity index (χ1) is 12.4. The van der Waals surface area contributed by atoms with Crippen molar-refractivity contribution in [2.24, 2.45) is 11.0 Å². The standard InChI is InChI=1S/C21H22N2OS/c24-12-11-23-21(17-9-5-2-6-10-17)19-15-25-14-18(20(19)22-23)13-16-7-3-1-4-8-16/h1-10,13,19,21,24H,11-12,14-15H2/b18-13+. The Morgan fingerprint density at radius 1 is 1.08 bits per heavy atom. The zero-order valence-corrected chi connectivity index (χ0v) is 14.9. The molecule has 4 rings (SSSR count). The molecule has 1 fully saturated rings. The first kappa shape index (κ1) is 16.4. The molecule has 0 saturated carbocycles. The lowest BCUT2D eigenvalue weighted by Gasteiger charge is -2.30. The molecule has 1 saturated heterocycles. The number of β-amino-alcohol motifs (C(OH)–C–C–N with tert-alkyl or cyclic N) is 1. The van der Waals surface area contributed by atoms with Crippen LogP contribution in [0, 0.1) is 5.92 Å². The maximum absolute atomic E-state index is 9.50. The minimum Gasteiger partial charge on any atom is -0.394 e. The fourth-order valence-corrected chi connectivity index (χ4v) is 4.85. The number of rotatable bonds is 4. The molecule has 0 aliphatic carbocycles. The van der Waals surface area contributed by atoms with E-state index in [0.717, 1.165) is 11.5 Å². The van der Waals surface area contributed by atoms with Crippen molar-refractivity contribution in [1.29, 1.82) is 0 Å². The molecule has 2 aliphatic rings. The summed E-state index contributed by atoms with van der Waals surface area (Å²) in [7, 11) is 0. The predicted molar refractivity (Wildman–Crippen MR) is 106 cm³/mol. The maximum Gasteiger partial charge on any atom is 0.0813 e. The van der Waals surface area contributed by atoms with E-state index < -0.39 is 0 Å². The van der Waals surface area contributed by atoms with Crippen LogP contribution in [0.5, 0.6) is 0 Å². The van der Waals surface area contributed by atoms with Crippen molar-refractivity contribution < 1.29 is 5.11 Å². The van der Waals surface area contributed by atoms with Crippen LogP contribution in [-0.4, -0.2) is 40.5 Å². The summed E-state index contributed by atoms with van der Waals surface area (Å²) in [5.74, 6) is 2.45. The van der Waals surface area contributed by atoms with Gasteiger partial charge in [0.05, 0.1) is 24.9 Å². The van der Waals surface area contributed by atoms with Crippen molar-refractivity contribution in [3.8, 4) is 0 Å². The molecule has 128 valence electrons. The molecule has 0 spiro atoms. The van der Waals surface area contributed by atoms with Crippen molar-refractivity contribution in [3.63, 3.8) is 0 Å². The fourth-order valence-electron chi connectivity index (χ4n) is 3.69. The highest BCUT2D eigenvalue weighted by Gasteiger charge is 2.41. The van der Waals surface area contributed by atoms with Crippen LogP contribution in [0.25, 0.3) is 6.08 Å². The highest BCUT2D eigenvalue weighted by Crippen LogP contribution is 2.42. The zero-order chi connectivity index (χ0) is 17.1. The fraction of sp³-hybridized carbons (Fsp3) is 0.286. The number of aliphatic hydroxyl groups excluding tert-OH is 1. The Kier molecular flexibility index (Phi) is 4.90. The largest absolute Gasteiger partial charge is 0.394 e. The summed E-state index contributed by atoms with van der Waals surface area (Å²) in [5.41, 5.74) is 5.01. The third-order valence-electron chi connectivity index (χ3n) is 4.78. The van der Waals surface area contributed by atoms with E-state index in [2.05, 4.69) is 59.6 Å². The summed E-state index contributed by atoms with van der Waals surface area (Å²) in [6.07, 6.45) is 2.27. The Balaban J connectivity index is 1.70. The Labute approximate surface area is 153 Å². The van der Waals surface area contributed by atoms with Crippen LogP contribution in [0.4, 0.5) is 0 Å². The minimum absolute atomic E-state index is 0.123. The Hall–Kier alpha value is -2.04. The van der Waals surface area contributed by atoms with Gasteiger partial charge in [-0.3, -0.25) is 5.01 Å². The average Bonchev–Trinajstić information content (AvgIpc) is 3.03. The molecule has 3 nitrogen and oxygen atoms in total. The van der Waals surface area contributed by atoms with Crippen molar-refractivity contribution in [3.05, 3.63) is 77.4 Å². The minimum atomic E-state index is 0.123. The molecule has 2 aromatic carbocycles. The van der Waals surface area contributed by atoms with Gasteiger partial charge in [-0.25, -0.2) is 0 Å². The van der Waals surface area contributed by atoms with Crippen molar-refractivity contribution in [1.82, 2.24) is 5.01 Å². The van der Waals surface area contributed by atoms with Crippen molar-refractivity contribution >= 4 is 23.5 Å². The van der Waals surface area contributed by atoms with Gasteiger partial charge in [0.1, 0.15) is 0 Å². The molecule has 0 radical (unpaired) electrons. The number of aliphatic hydroxyl groups is 1. The van der Waals surface area contributed by atoms with Crippen molar-refractivity contribution in [2.45, 2.75) is 6.04 Å². The van der Waals surface area contributed by atoms with Gasteiger partial charge in [0.15, 0.2) is 0 Å². The number of fused-ring (bicyclic) bond motifs is 1. The number of benzene rings is 2. The van der Waals surface area contributed by atoms with Crippen LogP contribution in [-0.2, 0) is 0 Å². The Morgan fingerprint density at radius 3 is 2.52 bits per heavy atom. The van der Waals surface area contributed by atoms with E-state index in [4.69, 9.17) is 5.10 Å². The molecular weight excluding hydrogens is 328 g/mol. The third-order valence-corrected chi connectivity index (χ3v) is 5.89. The van der Waals surface area contributed by atoms with E-state index >= 15 is 0 Å². The second-order valence-corrected chi connectivity index (χ2v) is 7.46. The van der Waals surface area contributed by atoms with E-state index in [-0.39, 0.29) is 12.6 Å². The smallest absolute Gasteiger partial charge is 0.0813 e. The lowest BCUT2D eigenvalue weighted by molar-refractivity contribution is 0.158. The second kappa shape index (κ2) is 7.46. The van der Waals surface area contributed by atoms with Gasteiger partial charge in [-0.2, -0.15) is 16.9 Å². The first-order valence-corrected chi connectivity index (χ1v) is 9.87. The van der Waals surface area contributed by atoms with Crippen LogP contribution in [0.2, 0.25) is 0 Å². The molecule has 0 amide bonds. The summed E-state index contributed by atoms with van der Waals surface area (Å²) in [5, 5.41) is 16.5. The molecule has 25 heavy (non-hydrogen) atoms. The normalized spacial score (nSPS) is 24.3. The molecule has 2 aliphatic heterocycles. The molecule has 2 aromatic rings. The summed E-state index contributed by atoms with van der Waals surface area (Å²) >= 11 is 1.98. The number of thioether (sulfide) groups is 1. The van der Waals surface area contributed by atoms with Gasteiger partial charge in [0.2, 0.25) is 0 Å². The molecule has 2 unspecified atom stereocenters. The highest BCUT2D eigenvalue weighted by atomic mass is 32.2. The summed E-state index contributed by atoms with van der Waals surface area (Å²) < 4.78 is 0. The van der Waals surface area contributed by atoms with Gasteiger partial charge in [0.25, 0.3) is 0 Å². The van der Waals surface area contributed by atoms with E-state index in [9.17, 15) is 5.11 Å². The Bertz CT molecular complexity index is 773. The topological polar surface area (TPSA) is 35.8 Å². The van der Waals surface area contributed by atoms with Gasteiger partial charge in [-0.05, 0) is 22.8 Å². The van der Waals surface area contributed by atoms with E-state index in [1.54, 1.807) is 0 Å². The van der Waals surface area contributed by atoms with Gasteiger partial charge in [-0.1, -0.05) is 60.7 Å². The van der Waals surface area contributed by atoms with Crippen LogP contribution in [0.1, 0.15) is 17.2 Å². The second-order valence-electron chi connectivity index (χ2n) is 6.43. The van der Waals surface area contributed by atoms with Gasteiger partial charge in [-0.15, -0.1) is 0 Å². The van der Waals surface area contributed by atoms with Crippen LogP contribution >= 0.6 is 11.8 Å². The van der Waals surface area contributed by atoms with E-state index in [0.29, 0.717) is 12.5 Å². The van der Waals surface area contributed by atoms with Gasteiger partial charge in [0, 0.05) is 17.4 Å². The number of hydrogen-bond acceptors (Lipinski definition) is 4. The average molecular weight is 350 g/mol. The number of hydrazone groups is 1. The first-order valence-electron chi connectivity index (χ1n) is 8.71. The van der Waals surface area contributed by atoms with Gasteiger partial charge >= 0.3 is 0 Å². The SMILES string of the molecule is OCCN1N=C2/C(=C/c3ccccc3)CSCC2C1c1ccccc1. The van der Waals surface area contributed by atoms with Crippen molar-refractivity contribution in [2.75, 3.05) is 24.7 Å². The number of hydrogen-bond donors (Lipinski definition) is 1. The molecule has 0 bridgehead atoms. The zero-order valence-electron chi connectivity index (χ0n) is 14.1. The van der Waals surface area contributed by atoms with Gasteiger partial charge < -0.3 is 5.11 Å². The summed E-state index contributed by atoms with van der Waals surface area (Å²) in [4.78, 5) is 0. The van der Waals surface area contributed by atoms with Crippen LogP contribution < -0.4 is 0 Å². The van der Waals surface area contributed by atoms with E-state index in [1.165, 1.54) is 22.4 Å². The Morgan fingerprint density at radius 2 is 1.80 bits per heavy atom. The number of nitrogens with zero attached hydrogens (tertiary/aromatic N) is 2. The third kappa shape index (κ3) is 3.37. The monoisotopic (exact) mass is 350 g/mol. The van der Waals surface area contributed by atoms with Crippen LogP contribution in [0.15, 0.2) is 71.3 Å². The molecule has 4 heteroatoms. The summed E-state index contributed by atoms with van der Waals surface area (Å²) in [6, 6.07) is 21.2. The molecule has 2 atom stereocenters. The highest BCUT2D eigenvalue weighted by molar-refractivity contribution is 7.99. The van der Waals surface area contributed by atoms with E-state index in [1.807, 2.05) is 23.9 Å². The molecule has 1 N–H and O–H groups in total. The van der Waals surface area contributed by atoms with Crippen LogP contribution in [0.3, 0.4) is 0 Å². The predicted octanol–water partition coefficient (Wildman–Crippen LogP) is 3.84.